The largest absolute Gasteiger partial charge is 0.493 e. The van der Waals surface area contributed by atoms with Gasteiger partial charge in [0.25, 0.3) is 0 Å². The van der Waals surface area contributed by atoms with E-state index in [0.717, 1.165) is 9.87 Å². The molecule has 1 N–H and O–H groups in total. The van der Waals surface area contributed by atoms with E-state index in [2.05, 4.69) is 5.32 Å². The van der Waals surface area contributed by atoms with Crippen molar-refractivity contribution in [3.63, 3.8) is 0 Å². The molecule has 0 aliphatic heterocycles. The predicted molar refractivity (Wildman–Crippen MR) is 133 cm³/mol. The van der Waals surface area contributed by atoms with Gasteiger partial charge in [-0.2, -0.15) is 4.31 Å². The Morgan fingerprint density at radius 1 is 0.971 bits per heavy atom. The lowest BCUT2D eigenvalue weighted by molar-refractivity contribution is -0.116. The molecule has 0 atom stereocenters. The van der Waals surface area contributed by atoms with Gasteiger partial charge in [-0.05, 0) is 48.7 Å². The second kappa shape index (κ2) is 11.4. The van der Waals surface area contributed by atoms with Crippen LogP contribution >= 0.6 is 11.6 Å². The molecular weight excluding hydrogens is 476 g/mol. The van der Waals surface area contributed by atoms with Crippen LogP contribution in [-0.2, 0) is 21.2 Å². The first kappa shape index (κ1) is 25.6. The molecule has 1 amide bonds. The Morgan fingerprint density at radius 2 is 1.68 bits per heavy atom. The molecule has 0 saturated heterocycles. The van der Waals surface area contributed by atoms with Gasteiger partial charge < -0.3 is 14.8 Å². The van der Waals surface area contributed by atoms with Gasteiger partial charge in [0.15, 0.2) is 11.5 Å². The van der Waals surface area contributed by atoms with Crippen molar-refractivity contribution < 1.29 is 22.7 Å². The number of anilines is 1. The maximum Gasteiger partial charge on any atom is 0.243 e. The molecule has 7 nitrogen and oxygen atoms in total. The Balaban J connectivity index is 1.89. The van der Waals surface area contributed by atoms with Crippen molar-refractivity contribution in [2.45, 2.75) is 18.2 Å². The summed E-state index contributed by atoms with van der Waals surface area (Å²) in [4.78, 5) is 12.9. The molecule has 3 aromatic rings. The van der Waals surface area contributed by atoms with E-state index in [1.165, 1.54) is 32.4 Å². The fourth-order valence-electron chi connectivity index (χ4n) is 3.40. The Labute approximate surface area is 205 Å². The maximum absolute atomic E-state index is 13.6. The van der Waals surface area contributed by atoms with Gasteiger partial charge in [-0.25, -0.2) is 8.42 Å². The number of nitrogens with one attached hydrogen (secondary N) is 1. The quantitative estimate of drug-likeness (QED) is 0.440. The fraction of sp³-hybridized carbons (Fsp3) is 0.240. The molecule has 0 fully saturated rings. The van der Waals surface area contributed by atoms with Crippen LogP contribution in [0.4, 0.5) is 5.69 Å². The Hall–Kier alpha value is -3.07. The second-order valence-electron chi connectivity index (χ2n) is 7.55. The number of ether oxygens (including phenoxy) is 2. The number of hydrogen-bond donors (Lipinski definition) is 1. The van der Waals surface area contributed by atoms with Crippen LogP contribution in [0.3, 0.4) is 0 Å². The number of hydrogen-bond acceptors (Lipinski definition) is 5. The van der Waals surface area contributed by atoms with Gasteiger partial charge in [-0.15, -0.1) is 0 Å². The van der Waals surface area contributed by atoms with Gasteiger partial charge in [-0.3, -0.25) is 4.79 Å². The zero-order chi connectivity index (χ0) is 24.7. The van der Waals surface area contributed by atoms with E-state index in [9.17, 15) is 13.2 Å². The zero-order valence-electron chi connectivity index (χ0n) is 19.2. The SMILES string of the molecule is COc1ccc(S(=O)(=O)N(CCc2ccccc2)CC(=O)Nc2cccc(Cl)c2C)cc1OC. The van der Waals surface area contributed by atoms with Gasteiger partial charge in [0.2, 0.25) is 15.9 Å². The van der Waals surface area contributed by atoms with Gasteiger partial charge >= 0.3 is 0 Å². The van der Waals surface area contributed by atoms with E-state index in [-0.39, 0.29) is 23.7 Å². The fourth-order valence-corrected chi connectivity index (χ4v) is 4.99. The first-order chi connectivity index (χ1) is 16.3. The van der Waals surface area contributed by atoms with Gasteiger partial charge in [0.1, 0.15) is 0 Å². The Morgan fingerprint density at radius 3 is 2.35 bits per heavy atom. The number of rotatable bonds is 10. The molecule has 3 aromatic carbocycles. The van der Waals surface area contributed by atoms with Crippen molar-refractivity contribution in [2.24, 2.45) is 0 Å². The number of carbonyl (C=O) groups is 1. The van der Waals surface area contributed by atoms with Crippen LogP contribution in [0.2, 0.25) is 5.02 Å². The lowest BCUT2D eigenvalue weighted by Gasteiger charge is -2.23. The summed E-state index contributed by atoms with van der Waals surface area (Å²) in [6, 6.07) is 19.0. The minimum atomic E-state index is -4.02. The summed E-state index contributed by atoms with van der Waals surface area (Å²) >= 11 is 6.15. The molecule has 0 spiro atoms. The summed E-state index contributed by atoms with van der Waals surface area (Å²) in [5.74, 6) is 0.222. The average molecular weight is 503 g/mol. The summed E-state index contributed by atoms with van der Waals surface area (Å²) < 4.78 is 38.8. The number of halogens is 1. The molecule has 180 valence electrons. The normalized spacial score (nSPS) is 11.3. The van der Waals surface area contributed by atoms with E-state index >= 15 is 0 Å². The molecule has 0 aromatic heterocycles. The van der Waals surface area contributed by atoms with Crippen molar-refractivity contribution in [1.82, 2.24) is 4.31 Å². The third-order valence-electron chi connectivity index (χ3n) is 5.35. The number of methoxy groups -OCH3 is 2. The third kappa shape index (κ3) is 6.08. The predicted octanol–water partition coefficient (Wildman–Crippen LogP) is 4.54. The molecule has 0 aliphatic rings. The van der Waals surface area contributed by atoms with E-state index in [4.69, 9.17) is 21.1 Å². The second-order valence-corrected chi connectivity index (χ2v) is 9.90. The molecule has 0 unspecified atom stereocenters. The minimum Gasteiger partial charge on any atom is -0.493 e. The van der Waals surface area contributed by atoms with Crippen LogP contribution in [-0.4, -0.2) is 45.9 Å². The average Bonchev–Trinajstić information content (AvgIpc) is 2.84. The van der Waals surface area contributed by atoms with Crippen molar-refractivity contribution >= 4 is 33.2 Å². The minimum absolute atomic E-state index is 0.00458. The number of sulfonamides is 1. The number of nitrogens with zero attached hydrogens (tertiary/aromatic N) is 1. The van der Waals surface area contributed by atoms with Crippen molar-refractivity contribution in [1.29, 1.82) is 0 Å². The highest BCUT2D eigenvalue weighted by atomic mass is 35.5. The molecule has 0 radical (unpaired) electrons. The number of carbonyl (C=O) groups excluding carboxylic acids is 1. The van der Waals surface area contributed by atoms with Crippen molar-refractivity contribution in [3.05, 3.63) is 82.9 Å². The monoisotopic (exact) mass is 502 g/mol. The molecule has 34 heavy (non-hydrogen) atoms. The lowest BCUT2D eigenvalue weighted by Crippen LogP contribution is -2.39. The van der Waals surface area contributed by atoms with E-state index in [1.807, 2.05) is 30.3 Å². The molecular formula is C25H27ClN2O5S. The lowest BCUT2D eigenvalue weighted by atomic mass is 10.1. The highest BCUT2D eigenvalue weighted by Gasteiger charge is 2.28. The highest BCUT2D eigenvalue weighted by molar-refractivity contribution is 7.89. The van der Waals surface area contributed by atoms with E-state index in [1.54, 1.807) is 25.1 Å². The first-order valence-corrected chi connectivity index (χ1v) is 12.4. The summed E-state index contributed by atoms with van der Waals surface area (Å²) in [6.07, 6.45) is 0.441. The van der Waals surface area contributed by atoms with Gasteiger partial charge in [-0.1, -0.05) is 48.0 Å². The molecule has 9 heteroatoms. The highest BCUT2D eigenvalue weighted by Crippen LogP contribution is 2.31. The third-order valence-corrected chi connectivity index (χ3v) is 7.60. The summed E-state index contributed by atoms with van der Waals surface area (Å²) in [6.45, 7) is 1.53. The van der Waals surface area contributed by atoms with Crippen LogP contribution in [0, 0.1) is 6.92 Å². The van der Waals surface area contributed by atoms with Crippen molar-refractivity contribution in [2.75, 3.05) is 32.6 Å². The van der Waals surface area contributed by atoms with Crippen LogP contribution in [0.25, 0.3) is 0 Å². The molecule has 0 saturated carbocycles. The Bertz CT molecular complexity index is 1250. The standard InChI is InChI=1S/C25H27ClN2O5S/c1-18-21(26)10-7-11-22(18)27-25(29)17-28(15-14-19-8-5-4-6-9-19)34(30,31)20-12-13-23(32-2)24(16-20)33-3/h4-13,16H,14-15,17H2,1-3H3,(H,27,29). The zero-order valence-corrected chi connectivity index (χ0v) is 20.8. The van der Waals surface area contributed by atoms with E-state index in [0.29, 0.717) is 28.4 Å². The number of amides is 1. The molecule has 0 aliphatic carbocycles. The topological polar surface area (TPSA) is 84.9 Å². The van der Waals surface area contributed by atoms with Crippen LogP contribution < -0.4 is 14.8 Å². The summed E-state index contributed by atoms with van der Waals surface area (Å²) in [7, 11) is -1.12. The van der Waals surface area contributed by atoms with Crippen LogP contribution in [0.1, 0.15) is 11.1 Å². The van der Waals surface area contributed by atoms with Gasteiger partial charge in [0.05, 0.1) is 25.7 Å². The first-order valence-electron chi connectivity index (χ1n) is 10.6. The molecule has 0 heterocycles. The maximum atomic E-state index is 13.6. The van der Waals surface area contributed by atoms with E-state index < -0.39 is 15.9 Å². The summed E-state index contributed by atoms with van der Waals surface area (Å²) in [5, 5.41) is 3.28. The smallest absolute Gasteiger partial charge is 0.243 e. The summed E-state index contributed by atoms with van der Waals surface area (Å²) in [5.41, 5.74) is 2.20. The molecule has 0 bridgehead atoms. The van der Waals surface area contributed by atoms with Crippen LogP contribution in [0.5, 0.6) is 11.5 Å². The van der Waals surface area contributed by atoms with Crippen LogP contribution in [0.15, 0.2) is 71.6 Å². The molecule has 3 rings (SSSR count). The van der Waals surface area contributed by atoms with Crippen molar-refractivity contribution in [3.8, 4) is 11.5 Å². The number of benzene rings is 3. The van der Waals surface area contributed by atoms with Gasteiger partial charge in [0, 0.05) is 23.3 Å². The Kier molecular flexibility index (Phi) is 8.55.